The van der Waals surface area contributed by atoms with Gasteiger partial charge in [-0.2, -0.15) is 0 Å². The third kappa shape index (κ3) is 5.99. The average molecular weight is 419 g/mol. The smallest absolute Gasteiger partial charge is 0.248 e. The number of methoxy groups -OCH3 is 1. The summed E-state index contributed by atoms with van der Waals surface area (Å²) in [5, 5.41) is 2.78. The lowest BCUT2D eigenvalue weighted by Crippen LogP contribution is -2.47. The fourth-order valence-electron chi connectivity index (χ4n) is 2.82. The molecule has 0 heterocycles. The monoisotopic (exact) mass is 418 g/mol. The van der Waals surface area contributed by atoms with E-state index in [1.54, 1.807) is 61.5 Å². The van der Waals surface area contributed by atoms with Gasteiger partial charge < -0.3 is 14.8 Å². The number of ether oxygens (including phenoxy) is 2. The van der Waals surface area contributed by atoms with Gasteiger partial charge in [-0.25, -0.2) is 8.42 Å². The molecule has 0 radical (unpaired) electrons. The minimum atomic E-state index is -3.72. The molecule has 0 bridgehead atoms. The van der Waals surface area contributed by atoms with Crippen LogP contribution in [-0.4, -0.2) is 40.3 Å². The van der Waals surface area contributed by atoms with E-state index < -0.39 is 22.0 Å². The van der Waals surface area contributed by atoms with Crippen LogP contribution in [0.15, 0.2) is 61.2 Å². The van der Waals surface area contributed by atoms with Gasteiger partial charge in [0.15, 0.2) is 0 Å². The van der Waals surface area contributed by atoms with Crippen molar-refractivity contribution in [2.75, 3.05) is 29.6 Å². The van der Waals surface area contributed by atoms with Crippen molar-refractivity contribution in [2.24, 2.45) is 0 Å². The van der Waals surface area contributed by atoms with Crippen LogP contribution in [-0.2, 0) is 14.8 Å². The Morgan fingerprint density at radius 1 is 1.21 bits per heavy atom. The van der Waals surface area contributed by atoms with Gasteiger partial charge in [-0.1, -0.05) is 25.6 Å². The molecule has 0 saturated carbocycles. The zero-order valence-corrected chi connectivity index (χ0v) is 17.6. The first-order valence-corrected chi connectivity index (χ1v) is 10.9. The molecular weight excluding hydrogens is 392 g/mol. The summed E-state index contributed by atoms with van der Waals surface area (Å²) in [5.74, 6) is 0.714. The van der Waals surface area contributed by atoms with E-state index >= 15 is 0 Å². The Morgan fingerprint density at radius 2 is 1.90 bits per heavy atom. The minimum Gasteiger partial charge on any atom is -0.497 e. The molecule has 2 rings (SSSR count). The topological polar surface area (TPSA) is 84.9 Å². The van der Waals surface area contributed by atoms with E-state index in [1.807, 2.05) is 0 Å². The summed E-state index contributed by atoms with van der Waals surface area (Å²) in [6.07, 6.45) is 3.00. The van der Waals surface area contributed by atoms with Gasteiger partial charge in [0.2, 0.25) is 15.9 Å². The van der Waals surface area contributed by atoms with Crippen LogP contribution in [0.3, 0.4) is 0 Å². The molecule has 1 atom stereocenters. The number of hydrogen-bond acceptors (Lipinski definition) is 5. The van der Waals surface area contributed by atoms with E-state index in [-0.39, 0.29) is 6.42 Å². The van der Waals surface area contributed by atoms with Gasteiger partial charge in [0.05, 0.1) is 19.1 Å². The lowest BCUT2D eigenvalue weighted by molar-refractivity contribution is -0.117. The number of carbonyl (C=O) groups is 1. The van der Waals surface area contributed by atoms with E-state index in [1.165, 1.54) is 7.11 Å². The van der Waals surface area contributed by atoms with Crippen LogP contribution >= 0.6 is 0 Å². The standard InChI is InChI=1S/C21H26N2O5S/c1-5-14-28-18-12-10-16(11-13-18)22-21(24)20(6-2)23(29(4,25)26)17-8-7-9-19(15-17)27-3/h5,7-13,15,20H,1,6,14H2,2-4H3,(H,22,24)/t20-/m1/s1. The summed E-state index contributed by atoms with van der Waals surface area (Å²) in [4.78, 5) is 12.9. The Balaban J connectivity index is 2.27. The molecule has 8 heteroatoms. The number of rotatable bonds is 10. The maximum absolute atomic E-state index is 12.9. The van der Waals surface area contributed by atoms with Crippen LogP contribution in [0.5, 0.6) is 11.5 Å². The summed E-state index contributed by atoms with van der Waals surface area (Å²) >= 11 is 0. The number of hydrogen-bond donors (Lipinski definition) is 1. The van der Waals surface area contributed by atoms with Crippen molar-refractivity contribution in [3.05, 3.63) is 61.2 Å². The van der Waals surface area contributed by atoms with Gasteiger partial charge in [-0.05, 0) is 42.8 Å². The lowest BCUT2D eigenvalue weighted by Gasteiger charge is -2.30. The normalized spacial score (nSPS) is 12.0. The van der Waals surface area contributed by atoms with Crippen LogP contribution in [0.25, 0.3) is 0 Å². The molecule has 156 valence electrons. The molecule has 0 saturated heterocycles. The van der Waals surface area contributed by atoms with Crippen LogP contribution in [0.4, 0.5) is 11.4 Å². The number of benzene rings is 2. The number of anilines is 2. The van der Waals surface area contributed by atoms with Crippen molar-refractivity contribution in [3.63, 3.8) is 0 Å². The SMILES string of the molecule is C=CCOc1ccc(NC(=O)[C@@H](CC)N(c2cccc(OC)c2)S(C)(=O)=O)cc1. The van der Waals surface area contributed by atoms with Crippen molar-refractivity contribution in [3.8, 4) is 11.5 Å². The molecule has 0 aliphatic carbocycles. The third-order valence-electron chi connectivity index (χ3n) is 4.13. The highest BCUT2D eigenvalue weighted by Gasteiger charge is 2.31. The molecular formula is C21H26N2O5S. The van der Waals surface area contributed by atoms with Crippen LogP contribution in [0, 0.1) is 0 Å². The van der Waals surface area contributed by atoms with E-state index in [0.717, 1.165) is 10.6 Å². The summed E-state index contributed by atoms with van der Waals surface area (Å²) in [6.45, 7) is 5.73. The zero-order valence-electron chi connectivity index (χ0n) is 16.8. The largest absolute Gasteiger partial charge is 0.497 e. The predicted molar refractivity (Wildman–Crippen MR) is 115 cm³/mol. The van der Waals surface area contributed by atoms with Crippen LogP contribution < -0.4 is 19.1 Å². The second-order valence-corrected chi connectivity index (χ2v) is 8.16. The van der Waals surface area contributed by atoms with Gasteiger partial charge in [0, 0.05) is 11.8 Å². The van der Waals surface area contributed by atoms with Crippen LogP contribution in [0.2, 0.25) is 0 Å². The summed E-state index contributed by atoms with van der Waals surface area (Å²) in [5.41, 5.74) is 0.903. The van der Waals surface area contributed by atoms with Crippen LogP contribution in [0.1, 0.15) is 13.3 Å². The maximum Gasteiger partial charge on any atom is 0.248 e. The fraction of sp³-hybridized carbons (Fsp3) is 0.286. The molecule has 0 spiro atoms. The number of nitrogens with one attached hydrogen (secondary N) is 1. The highest BCUT2D eigenvalue weighted by Crippen LogP contribution is 2.27. The van der Waals surface area contributed by atoms with E-state index in [9.17, 15) is 13.2 Å². The Morgan fingerprint density at radius 3 is 2.45 bits per heavy atom. The summed E-state index contributed by atoms with van der Waals surface area (Å²) < 4.78 is 36.7. The van der Waals surface area contributed by atoms with Gasteiger partial charge in [-0.3, -0.25) is 9.10 Å². The van der Waals surface area contributed by atoms with Gasteiger partial charge in [-0.15, -0.1) is 0 Å². The Kier molecular flexibility index (Phi) is 7.67. The average Bonchev–Trinajstić information content (AvgIpc) is 2.70. The molecule has 29 heavy (non-hydrogen) atoms. The molecule has 0 unspecified atom stereocenters. The van der Waals surface area contributed by atoms with Gasteiger partial charge in [0.1, 0.15) is 24.1 Å². The number of nitrogens with zero attached hydrogens (tertiary/aromatic N) is 1. The summed E-state index contributed by atoms with van der Waals surface area (Å²) in [7, 11) is -2.22. The maximum atomic E-state index is 12.9. The van der Waals surface area contributed by atoms with E-state index in [2.05, 4.69) is 11.9 Å². The molecule has 1 amide bonds. The van der Waals surface area contributed by atoms with Gasteiger partial charge in [0.25, 0.3) is 0 Å². The first kappa shape index (κ1) is 22.3. The molecule has 0 aliphatic heterocycles. The first-order valence-electron chi connectivity index (χ1n) is 9.08. The van der Waals surface area contributed by atoms with Crippen molar-refractivity contribution >= 4 is 27.3 Å². The second-order valence-electron chi connectivity index (χ2n) is 6.30. The lowest BCUT2D eigenvalue weighted by atomic mass is 10.1. The predicted octanol–water partition coefficient (Wildman–Crippen LogP) is 3.44. The van der Waals surface area contributed by atoms with Gasteiger partial charge >= 0.3 is 0 Å². The fourth-order valence-corrected chi connectivity index (χ4v) is 4.03. The Labute approximate surface area is 172 Å². The van der Waals surface area contributed by atoms with Crippen molar-refractivity contribution < 1.29 is 22.7 Å². The highest BCUT2D eigenvalue weighted by molar-refractivity contribution is 7.92. The number of amides is 1. The third-order valence-corrected chi connectivity index (χ3v) is 5.31. The van der Waals surface area contributed by atoms with Crippen molar-refractivity contribution in [2.45, 2.75) is 19.4 Å². The molecule has 7 nitrogen and oxygen atoms in total. The second kappa shape index (κ2) is 9.97. The van der Waals surface area contributed by atoms with Crippen molar-refractivity contribution in [1.29, 1.82) is 0 Å². The molecule has 1 N–H and O–H groups in total. The Bertz CT molecular complexity index is 942. The molecule has 0 fully saturated rings. The molecule has 2 aromatic rings. The highest BCUT2D eigenvalue weighted by atomic mass is 32.2. The summed E-state index contributed by atoms with van der Waals surface area (Å²) in [6, 6.07) is 12.5. The molecule has 0 aliphatic rings. The van der Waals surface area contributed by atoms with E-state index in [4.69, 9.17) is 9.47 Å². The zero-order chi connectivity index (χ0) is 21.4. The molecule has 0 aromatic heterocycles. The quantitative estimate of drug-likeness (QED) is 0.598. The number of sulfonamides is 1. The van der Waals surface area contributed by atoms with Crippen molar-refractivity contribution in [1.82, 2.24) is 0 Å². The first-order chi connectivity index (χ1) is 13.8. The number of carbonyl (C=O) groups excluding carboxylic acids is 1. The Hall–Kier alpha value is -3.00. The minimum absolute atomic E-state index is 0.288. The molecule has 2 aromatic carbocycles. The van der Waals surface area contributed by atoms with E-state index in [0.29, 0.717) is 29.5 Å².